The first-order chi connectivity index (χ1) is 3.29. The van der Waals surface area contributed by atoms with E-state index in [2.05, 4.69) is 9.24 Å². The molecule has 0 amide bonds. The molecule has 0 aliphatic carbocycles. The summed E-state index contributed by atoms with van der Waals surface area (Å²) in [5, 5.41) is 1.92. The van der Waals surface area contributed by atoms with E-state index in [4.69, 9.17) is 5.73 Å². The van der Waals surface area contributed by atoms with Crippen molar-refractivity contribution in [3.05, 3.63) is 11.4 Å². The van der Waals surface area contributed by atoms with Crippen molar-refractivity contribution >= 4 is 30.9 Å². The Morgan fingerprint density at radius 2 is 2.43 bits per heavy atom. The Kier molecular flexibility index (Phi) is 1.31. The monoisotopic (exact) mass is 131 g/mol. The lowest BCUT2D eigenvalue weighted by atomic mass is 10.6. The van der Waals surface area contributed by atoms with Gasteiger partial charge in [-0.15, -0.1) is 11.3 Å². The Morgan fingerprint density at radius 1 is 1.71 bits per heavy atom. The number of anilines is 1. The van der Waals surface area contributed by atoms with Crippen LogP contribution >= 0.6 is 20.6 Å². The minimum absolute atomic E-state index is 0.856. The second-order valence-electron chi connectivity index (χ2n) is 1.28. The topological polar surface area (TPSA) is 26.0 Å². The van der Waals surface area contributed by atoms with Crippen LogP contribution in [0.5, 0.6) is 0 Å². The number of nitrogen functional groups attached to an aromatic ring is 1. The summed E-state index contributed by atoms with van der Waals surface area (Å²) in [4.78, 5) is 0. The summed E-state index contributed by atoms with van der Waals surface area (Å²) < 4.78 is 1.19. The molecule has 0 saturated heterocycles. The zero-order chi connectivity index (χ0) is 5.28. The summed E-state index contributed by atoms with van der Waals surface area (Å²) >= 11 is 1.64. The third-order valence-corrected chi connectivity index (χ3v) is 1.99. The average molecular weight is 131 g/mol. The predicted molar refractivity (Wildman–Crippen MR) is 38.1 cm³/mol. The highest BCUT2D eigenvalue weighted by atomic mass is 32.1. The fraction of sp³-hybridized carbons (Fsp3) is 0. The largest absolute Gasteiger partial charge is 0.398 e. The molecule has 0 aliphatic rings. The fourth-order valence-corrected chi connectivity index (χ4v) is 1.31. The molecule has 0 aromatic carbocycles. The van der Waals surface area contributed by atoms with Crippen molar-refractivity contribution < 1.29 is 0 Å². The van der Waals surface area contributed by atoms with Gasteiger partial charge < -0.3 is 5.73 Å². The van der Waals surface area contributed by atoms with Crippen LogP contribution in [-0.4, -0.2) is 0 Å². The summed E-state index contributed by atoms with van der Waals surface area (Å²) in [6.07, 6.45) is 0. The molecular weight excluding hydrogens is 125 g/mol. The maximum Gasteiger partial charge on any atom is 0.0429 e. The average Bonchev–Trinajstić information content (AvgIpc) is 1.87. The first kappa shape index (κ1) is 5.07. The van der Waals surface area contributed by atoms with Crippen molar-refractivity contribution in [1.82, 2.24) is 0 Å². The molecule has 2 N–H and O–H groups in total. The molecule has 0 saturated carbocycles. The molecule has 1 heterocycles. The highest BCUT2D eigenvalue weighted by molar-refractivity contribution is 7.42. The summed E-state index contributed by atoms with van der Waals surface area (Å²) in [6.45, 7) is 0. The third kappa shape index (κ3) is 1.15. The number of hydrogen-bond donors (Lipinski definition) is 1. The maximum absolute atomic E-state index is 5.38. The molecule has 0 aliphatic heterocycles. The smallest absolute Gasteiger partial charge is 0.0429 e. The number of hydrogen-bond acceptors (Lipinski definition) is 2. The van der Waals surface area contributed by atoms with Gasteiger partial charge in [0.05, 0.1) is 0 Å². The SMILES string of the molecule is Nc1csc(P)c1. The van der Waals surface area contributed by atoms with Gasteiger partial charge >= 0.3 is 0 Å². The van der Waals surface area contributed by atoms with Crippen LogP contribution < -0.4 is 10.4 Å². The molecule has 1 aromatic heterocycles. The van der Waals surface area contributed by atoms with E-state index in [1.165, 1.54) is 4.62 Å². The predicted octanol–water partition coefficient (Wildman–Crippen LogP) is 0.831. The Hall–Kier alpha value is -0.0700. The van der Waals surface area contributed by atoms with Gasteiger partial charge in [0, 0.05) is 15.7 Å². The van der Waals surface area contributed by atoms with Crippen molar-refractivity contribution in [1.29, 1.82) is 0 Å². The standard InChI is InChI=1S/C4H6NPS/c5-3-1-4(6)7-2-3/h1-2H,5-6H2. The Bertz CT molecular complexity index is 144. The minimum atomic E-state index is 0.856. The van der Waals surface area contributed by atoms with Crippen molar-refractivity contribution in [2.24, 2.45) is 0 Å². The molecule has 0 spiro atoms. The second kappa shape index (κ2) is 1.81. The van der Waals surface area contributed by atoms with Crippen LogP contribution in [0.25, 0.3) is 0 Å². The third-order valence-electron chi connectivity index (χ3n) is 0.640. The normalized spacial score (nSPS) is 9.29. The van der Waals surface area contributed by atoms with Crippen LogP contribution in [-0.2, 0) is 0 Å². The van der Waals surface area contributed by atoms with Gasteiger partial charge in [-0.25, -0.2) is 0 Å². The first-order valence-corrected chi connectivity index (χ1v) is 3.34. The van der Waals surface area contributed by atoms with Gasteiger partial charge in [-0.1, -0.05) is 9.24 Å². The highest BCUT2D eigenvalue weighted by Crippen LogP contribution is 2.07. The van der Waals surface area contributed by atoms with Gasteiger partial charge in [0.15, 0.2) is 0 Å². The molecule has 3 heteroatoms. The van der Waals surface area contributed by atoms with Crippen molar-refractivity contribution in [2.75, 3.05) is 5.73 Å². The zero-order valence-electron chi connectivity index (χ0n) is 3.72. The van der Waals surface area contributed by atoms with E-state index >= 15 is 0 Å². The molecule has 1 unspecified atom stereocenters. The van der Waals surface area contributed by atoms with Gasteiger partial charge in [0.2, 0.25) is 0 Å². The van der Waals surface area contributed by atoms with E-state index in [0.29, 0.717) is 0 Å². The Morgan fingerprint density at radius 3 is 2.57 bits per heavy atom. The van der Waals surface area contributed by atoms with Crippen LogP contribution in [0.1, 0.15) is 0 Å². The van der Waals surface area contributed by atoms with Crippen LogP contribution in [0.2, 0.25) is 0 Å². The van der Waals surface area contributed by atoms with Crippen LogP contribution in [0.3, 0.4) is 0 Å². The van der Waals surface area contributed by atoms with E-state index in [1.54, 1.807) is 11.3 Å². The van der Waals surface area contributed by atoms with Crippen molar-refractivity contribution in [2.45, 2.75) is 0 Å². The fourth-order valence-electron chi connectivity index (χ4n) is 0.368. The minimum Gasteiger partial charge on any atom is -0.398 e. The molecule has 1 rings (SSSR count). The van der Waals surface area contributed by atoms with Gasteiger partial charge in [-0.3, -0.25) is 0 Å². The highest BCUT2D eigenvalue weighted by Gasteiger charge is 1.85. The maximum atomic E-state index is 5.38. The summed E-state index contributed by atoms with van der Waals surface area (Å²) in [5.74, 6) is 0. The summed E-state index contributed by atoms with van der Waals surface area (Å²) in [5.41, 5.74) is 6.23. The van der Waals surface area contributed by atoms with Gasteiger partial charge in [0.25, 0.3) is 0 Å². The number of nitrogens with two attached hydrogens (primary N) is 1. The van der Waals surface area contributed by atoms with E-state index in [9.17, 15) is 0 Å². The lowest BCUT2D eigenvalue weighted by molar-refractivity contribution is 1.91. The van der Waals surface area contributed by atoms with Crippen LogP contribution in [0.15, 0.2) is 11.4 Å². The van der Waals surface area contributed by atoms with E-state index < -0.39 is 0 Å². The molecule has 1 aromatic rings. The molecule has 0 bridgehead atoms. The van der Waals surface area contributed by atoms with E-state index in [1.807, 2.05) is 11.4 Å². The molecule has 38 valence electrons. The lowest BCUT2D eigenvalue weighted by Gasteiger charge is -1.72. The first-order valence-electron chi connectivity index (χ1n) is 1.88. The van der Waals surface area contributed by atoms with Gasteiger partial charge in [0.1, 0.15) is 0 Å². The van der Waals surface area contributed by atoms with E-state index in [-0.39, 0.29) is 0 Å². The number of thiophene rings is 1. The molecule has 0 fully saturated rings. The molecule has 1 nitrogen and oxygen atoms in total. The Balaban J connectivity index is 3.04. The van der Waals surface area contributed by atoms with Crippen molar-refractivity contribution in [3.63, 3.8) is 0 Å². The summed E-state index contributed by atoms with van der Waals surface area (Å²) in [6, 6.07) is 1.93. The van der Waals surface area contributed by atoms with Crippen molar-refractivity contribution in [3.8, 4) is 0 Å². The van der Waals surface area contributed by atoms with Gasteiger partial charge in [-0.2, -0.15) is 0 Å². The summed E-state index contributed by atoms with van der Waals surface area (Å²) in [7, 11) is 2.59. The molecule has 1 atom stereocenters. The molecule has 7 heavy (non-hydrogen) atoms. The lowest BCUT2D eigenvalue weighted by Crippen LogP contribution is -1.79. The second-order valence-corrected chi connectivity index (χ2v) is 3.27. The molecule has 0 radical (unpaired) electrons. The quantitative estimate of drug-likeness (QED) is 0.518. The Labute approximate surface area is 48.7 Å². The number of rotatable bonds is 0. The van der Waals surface area contributed by atoms with E-state index in [0.717, 1.165) is 5.69 Å². The zero-order valence-corrected chi connectivity index (χ0v) is 5.69. The van der Waals surface area contributed by atoms with Crippen LogP contribution in [0.4, 0.5) is 5.69 Å². The van der Waals surface area contributed by atoms with Crippen LogP contribution in [0, 0.1) is 0 Å². The molecular formula is C4H6NPS. The van der Waals surface area contributed by atoms with Gasteiger partial charge in [-0.05, 0) is 6.07 Å².